The number of benzene rings is 2. The summed E-state index contributed by atoms with van der Waals surface area (Å²) in [6, 6.07) is 15.2. The van der Waals surface area contributed by atoms with Crippen molar-refractivity contribution in [2.45, 2.75) is 59.0 Å². The summed E-state index contributed by atoms with van der Waals surface area (Å²) < 4.78 is 16.1. The van der Waals surface area contributed by atoms with Gasteiger partial charge in [0, 0.05) is 13.0 Å². The van der Waals surface area contributed by atoms with Gasteiger partial charge in [0.25, 0.3) is 0 Å². The molecular formula is C28H35NO6. The van der Waals surface area contributed by atoms with Crippen molar-refractivity contribution in [3.63, 3.8) is 0 Å². The van der Waals surface area contributed by atoms with Gasteiger partial charge in [-0.05, 0) is 56.0 Å². The molecule has 2 aromatic carbocycles. The predicted molar refractivity (Wildman–Crippen MR) is 132 cm³/mol. The van der Waals surface area contributed by atoms with Crippen LogP contribution in [0.5, 0.6) is 5.75 Å². The second-order valence-corrected chi connectivity index (χ2v) is 8.84. The highest BCUT2D eigenvalue weighted by Crippen LogP contribution is 2.56. The van der Waals surface area contributed by atoms with Crippen LogP contribution in [0.3, 0.4) is 0 Å². The van der Waals surface area contributed by atoms with Crippen molar-refractivity contribution in [2.75, 3.05) is 20.3 Å². The Morgan fingerprint density at radius 3 is 2.23 bits per heavy atom. The van der Waals surface area contributed by atoms with E-state index < -0.39 is 22.9 Å². The van der Waals surface area contributed by atoms with E-state index in [2.05, 4.69) is 0 Å². The summed E-state index contributed by atoms with van der Waals surface area (Å²) in [5.74, 6) is -0.523. The Balaban J connectivity index is 2.15. The van der Waals surface area contributed by atoms with Gasteiger partial charge < -0.3 is 19.1 Å². The molecule has 1 aliphatic rings. The molecule has 35 heavy (non-hydrogen) atoms. The van der Waals surface area contributed by atoms with Crippen molar-refractivity contribution in [2.24, 2.45) is 5.41 Å². The highest BCUT2D eigenvalue weighted by molar-refractivity contribution is 6.06. The van der Waals surface area contributed by atoms with E-state index in [-0.39, 0.29) is 38.5 Å². The lowest BCUT2D eigenvalue weighted by molar-refractivity contribution is -0.216. The number of carbonyl (C=O) groups excluding carboxylic acids is 3. The maximum absolute atomic E-state index is 13.9. The van der Waals surface area contributed by atoms with Gasteiger partial charge >= 0.3 is 11.9 Å². The van der Waals surface area contributed by atoms with Crippen LogP contribution in [0.4, 0.5) is 0 Å². The van der Waals surface area contributed by atoms with Crippen molar-refractivity contribution in [1.29, 1.82) is 0 Å². The van der Waals surface area contributed by atoms with Gasteiger partial charge in [0.1, 0.15) is 5.75 Å². The molecular weight excluding hydrogens is 446 g/mol. The molecule has 1 saturated heterocycles. The maximum Gasteiger partial charge on any atom is 0.333 e. The molecule has 7 nitrogen and oxygen atoms in total. The van der Waals surface area contributed by atoms with Crippen LogP contribution < -0.4 is 4.74 Å². The zero-order chi connectivity index (χ0) is 25.6. The normalized spacial score (nSPS) is 21.3. The number of hydrogen-bond acceptors (Lipinski definition) is 6. The lowest BCUT2D eigenvalue weighted by Crippen LogP contribution is -2.82. The third-order valence-corrected chi connectivity index (χ3v) is 7.06. The first-order chi connectivity index (χ1) is 16.8. The lowest BCUT2D eigenvalue weighted by Gasteiger charge is -2.63. The fraction of sp³-hybridized carbons (Fsp3) is 0.464. The number of aryl methyl sites for hydroxylation is 1. The van der Waals surface area contributed by atoms with Crippen molar-refractivity contribution in [3.8, 4) is 5.75 Å². The Bertz CT molecular complexity index is 1070. The maximum atomic E-state index is 13.9. The number of ether oxygens (including phenoxy) is 3. The van der Waals surface area contributed by atoms with Crippen LogP contribution in [0, 0.1) is 12.3 Å². The molecule has 3 rings (SSSR count). The Hall–Kier alpha value is -3.35. The van der Waals surface area contributed by atoms with E-state index in [0.717, 1.165) is 16.7 Å². The van der Waals surface area contributed by atoms with E-state index in [1.165, 1.54) is 0 Å². The molecule has 0 spiro atoms. The zero-order valence-electron chi connectivity index (χ0n) is 21.3. The summed E-state index contributed by atoms with van der Waals surface area (Å²) in [5, 5.41) is 0. The van der Waals surface area contributed by atoms with Crippen LogP contribution in [0.2, 0.25) is 0 Å². The number of nitrogens with zero attached hydrogens (tertiary/aromatic N) is 1. The number of β-lactam (4-membered cyclic amide) rings is 1. The van der Waals surface area contributed by atoms with E-state index in [1.54, 1.807) is 25.9 Å². The van der Waals surface area contributed by atoms with Gasteiger partial charge in [-0.25, -0.2) is 4.79 Å². The summed E-state index contributed by atoms with van der Waals surface area (Å²) >= 11 is 0. The number of methoxy groups -OCH3 is 1. The summed E-state index contributed by atoms with van der Waals surface area (Å²) in [6.07, 6.45) is 0.356. The van der Waals surface area contributed by atoms with Crippen LogP contribution in [0.1, 0.15) is 50.3 Å². The number of esters is 2. The minimum atomic E-state index is -1.35. The molecule has 1 aliphatic heterocycles. The SMILES string of the molecule is CCOC(=O)CC1(CC)C(=O)N(Cc2ccc(OC)cc2C)[C@]1(Cc1ccccc1)C(=O)OCC. The summed E-state index contributed by atoms with van der Waals surface area (Å²) in [6.45, 7) is 7.82. The highest BCUT2D eigenvalue weighted by Gasteiger charge is 2.75. The number of likely N-dealkylation sites (tertiary alicyclic amines) is 1. The molecule has 1 heterocycles. The molecule has 0 N–H and O–H groups in total. The zero-order valence-corrected chi connectivity index (χ0v) is 21.3. The van der Waals surface area contributed by atoms with E-state index in [0.29, 0.717) is 12.2 Å². The Kier molecular flexibility index (Phi) is 8.20. The first-order valence-electron chi connectivity index (χ1n) is 12.1. The average molecular weight is 482 g/mol. The average Bonchev–Trinajstić information content (AvgIpc) is 2.86. The van der Waals surface area contributed by atoms with Crippen LogP contribution >= 0.6 is 0 Å². The highest BCUT2D eigenvalue weighted by atomic mass is 16.5. The summed E-state index contributed by atoms with van der Waals surface area (Å²) in [4.78, 5) is 42.0. The number of amides is 1. The predicted octanol–water partition coefficient (Wildman–Crippen LogP) is 4.24. The summed E-state index contributed by atoms with van der Waals surface area (Å²) in [5.41, 5.74) is 0.0961. The van der Waals surface area contributed by atoms with Crippen molar-refractivity contribution < 1.29 is 28.6 Å². The molecule has 0 saturated carbocycles. The van der Waals surface area contributed by atoms with Crippen molar-refractivity contribution >= 4 is 17.8 Å². The monoisotopic (exact) mass is 481 g/mol. The number of hydrogen-bond donors (Lipinski definition) is 0. The largest absolute Gasteiger partial charge is 0.497 e. The van der Waals surface area contributed by atoms with Crippen LogP contribution in [-0.4, -0.2) is 48.6 Å². The Morgan fingerprint density at radius 1 is 0.971 bits per heavy atom. The fourth-order valence-corrected chi connectivity index (χ4v) is 5.20. The Morgan fingerprint density at radius 2 is 1.66 bits per heavy atom. The minimum Gasteiger partial charge on any atom is -0.497 e. The van der Waals surface area contributed by atoms with Crippen LogP contribution in [0.15, 0.2) is 48.5 Å². The molecule has 1 fully saturated rings. The van der Waals surface area contributed by atoms with Gasteiger partial charge in [0.15, 0.2) is 5.54 Å². The molecule has 1 amide bonds. The van der Waals surface area contributed by atoms with Crippen LogP contribution in [0.25, 0.3) is 0 Å². The van der Waals surface area contributed by atoms with Gasteiger partial charge in [0.2, 0.25) is 5.91 Å². The Labute approximate surface area is 207 Å². The molecule has 2 aromatic rings. The topological polar surface area (TPSA) is 82.1 Å². The second-order valence-electron chi connectivity index (χ2n) is 8.84. The fourth-order valence-electron chi connectivity index (χ4n) is 5.20. The molecule has 2 atom stereocenters. The lowest BCUT2D eigenvalue weighted by atomic mass is 9.54. The molecule has 0 radical (unpaired) electrons. The van der Waals surface area contributed by atoms with E-state index in [4.69, 9.17) is 14.2 Å². The summed E-state index contributed by atoms with van der Waals surface area (Å²) in [7, 11) is 1.60. The first kappa shape index (κ1) is 26.3. The first-order valence-corrected chi connectivity index (χ1v) is 12.1. The number of carbonyl (C=O) groups is 3. The second kappa shape index (κ2) is 10.9. The van der Waals surface area contributed by atoms with E-state index in [9.17, 15) is 14.4 Å². The smallest absolute Gasteiger partial charge is 0.333 e. The standard InChI is InChI=1S/C28H35NO6/c1-6-27(18-24(30)34-7-2)25(31)29(19-22-14-15-23(33-5)16-20(22)4)28(27,26(32)35-8-3)17-21-12-10-9-11-13-21/h9-16H,6-8,17-19H2,1-5H3/t27?,28-/m1/s1. The third kappa shape index (κ3) is 4.64. The van der Waals surface area contributed by atoms with Crippen molar-refractivity contribution in [1.82, 2.24) is 4.90 Å². The number of rotatable bonds is 11. The van der Waals surface area contributed by atoms with Gasteiger partial charge in [-0.15, -0.1) is 0 Å². The molecule has 0 aliphatic carbocycles. The third-order valence-electron chi connectivity index (χ3n) is 7.06. The molecule has 7 heteroatoms. The van der Waals surface area contributed by atoms with E-state index in [1.807, 2.05) is 62.4 Å². The van der Waals surface area contributed by atoms with Gasteiger partial charge in [-0.2, -0.15) is 0 Å². The molecule has 0 aromatic heterocycles. The minimum absolute atomic E-state index is 0.165. The quantitative estimate of drug-likeness (QED) is 0.353. The van der Waals surface area contributed by atoms with Crippen molar-refractivity contribution in [3.05, 3.63) is 65.2 Å². The van der Waals surface area contributed by atoms with Gasteiger partial charge in [-0.1, -0.05) is 43.3 Å². The van der Waals surface area contributed by atoms with Gasteiger partial charge in [-0.3, -0.25) is 9.59 Å². The molecule has 188 valence electrons. The molecule has 0 bridgehead atoms. The van der Waals surface area contributed by atoms with Crippen LogP contribution in [-0.2, 0) is 36.8 Å². The van der Waals surface area contributed by atoms with E-state index >= 15 is 0 Å². The van der Waals surface area contributed by atoms with Gasteiger partial charge in [0.05, 0.1) is 32.2 Å². The molecule has 1 unspecified atom stereocenters.